The summed E-state index contributed by atoms with van der Waals surface area (Å²) in [5.74, 6) is 0.672. The molecule has 2 aliphatic heterocycles. The number of aliphatic hydroxyl groups excluding tert-OH is 1. The number of benzene rings is 1. The van der Waals surface area contributed by atoms with E-state index in [9.17, 15) is 14.7 Å². The van der Waals surface area contributed by atoms with Gasteiger partial charge in [0.15, 0.2) is 10.8 Å². The molecule has 242 valence electrons. The molecule has 4 heterocycles. The lowest BCUT2D eigenvalue weighted by atomic mass is 9.71. The summed E-state index contributed by atoms with van der Waals surface area (Å²) in [4.78, 5) is 44.3. The molecule has 2 fully saturated rings. The van der Waals surface area contributed by atoms with Gasteiger partial charge in [0.1, 0.15) is 10.3 Å². The molecule has 3 aliphatic rings. The van der Waals surface area contributed by atoms with Gasteiger partial charge in [-0.1, -0.05) is 44.2 Å². The molecule has 3 aromatic rings. The maximum Gasteiger partial charge on any atom is 0.253 e. The summed E-state index contributed by atoms with van der Waals surface area (Å²) in [6.45, 7) is 11.0. The maximum atomic E-state index is 13.9. The van der Waals surface area contributed by atoms with Crippen LogP contribution in [0.5, 0.6) is 0 Å². The molecule has 0 spiro atoms. The number of nitrogens with zero attached hydrogens (tertiary/aromatic N) is 5. The van der Waals surface area contributed by atoms with Gasteiger partial charge in [0.05, 0.1) is 6.10 Å². The number of hydrogen-bond acceptors (Lipinski definition) is 8. The molecule has 8 nitrogen and oxygen atoms in total. The van der Waals surface area contributed by atoms with Crippen LogP contribution in [-0.2, 0) is 12.8 Å². The molecule has 6 rings (SSSR count). The van der Waals surface area contributed by atoms with Crippen molar-refractivity contribution in [2.24, 2.45) is 11.3 Å². The molecule has 0 saturated carbocycles. The smallest absolute Gasteiger partial charge is 0.253 e. The van der Waals surface area contributed by atoms with Gasteiger partial charge in [-0.2, -0.15) is 0 Å². The third-order valence-corrected chi connectivity index (χ3v) is 11.5. The summed E-state index contributed by atoms with van der Waals surface area (Å²) >= 11 is 1.42. The molecular formula is C36H49N5O3S. The Morgan fingerprint density at radius 1 is 1.09 bits per heavy atom. The fourth-order valence-corrected chi connectivity index (χ4v) is 8.00. The van der Waals surface area contributed by atoms with Crippen LogP contribution in [0.3, 0.4) is 0 Å². The number of piperidine rings is 1. The normalized spacial score (nSPS) is 20.8. The van der Waals surface area contributed by atoms with Gasteiger partial charge in [0.2, 0.25) is 0 Å². The van der Waals surface area contributed by atoms with Crippen LogP contribution in [0.1, 0.15) is 95.8 Å². The minimum Gasteiger partial charge on any atom is -0.393 e. The Bertz CT molecular complexity index is 1530. The number of likely N-dealkylation sites (N-methyl/N-ethyl adjacent to an activating group) is 1. The van der Waals surface area contributed by atoms with Crippen LogP contribution in [0.2, 0.25) is 0 Å². The highest BCUT2D eigenvalue weighted by molar-refractivity contribution is 7.19. The Morgan fingerprint density at radius 3 is 2.56 bits per heavy atom. The number of Topliss-reactive ketones (excluding diaryl/α,β-unsaturated/α-hetero) is 1. The zero-order valence-corrected chi connectivity index (χ0v) is 28.4. The predicted molar refractivity (Wildman–Crippen MR) is 180 cm³/mol. The van der Waals surface area contributed by atoms with Gasteiger partial charge in [-0.15, -0.1) is 0 Å². The van der Waals surface area contributed by atoms with Crippen molar-refractivity contribution < 1.29 is 14.7 Å². The average molecular weight is 632 g/mol. The van der Waals surface area contributed by atoms with Crippen molar-refractivity contribution in [2.75, 3.05) is 46.8 Å². The summed E-state index contributed by atoms with van der Waals surface area (Å²) in [7, 11) is 4.10. The molecule has 9 heteroatoms. The Kier molecular flexibility index (Phi) is 9.44. The van der Waals surface area contributed by atoms with E-state index in [1.165, 1.54) is 16.9 Å². The standard InChI is InChI=1S/C36H49N5O3S/c1-36(2,3)27-9-10-30-26(18-27)19-31-33(37-30)45-34(38-31)32(43)20-24(11-14-40-15-12-29(42)13-16-40)23-7-6-8-25(17-23)35(44)41-21-28(22-41)39(4)5/h6-8,17,19,24,27-29,42H,9-16,18,20-22H2,1-5H3/t24-,27-/m0/s1. The van der Waals surface area contributed by atoms with Crippen LogP contribution < -0.4 is 0 Å². The number of amides is 1. The van der Waals surface area contributed by atoms with Crippen LogP contribution >= 0.6 is 11.3 Å². The number of carbonyl (C=O) groups excluding carboxylic acids is 2. The minimum absolute atomic E-state index is 0.0379. The van der Waals surface area contributed by atoms with Crippen LogP contribution in [0.4, 0.5) is 0 Å². The fourth-order valence-electron chi connectivity index (χ4n) is 7.11. The van der Waals surface area contributed by atoms with Gasteiger partial charge in [-0.3, -0.25) is 9.59 Å². The number of aromatic nitrogens is 2. The second kappa shape index (κ2) is 13.2. The van der Waals surface area contributed by atoms with Crippen molar-refractivity contribution in [3.63, 3.8) is 0 Å². The van der Waals surface area contributed by atoms with E-state index in [0.717, 1.165) is 92.9 Å². The van der Waals surface area contributed by atoms with Crippen LogP contribution in [0, 0.1) is 11.3 Å². The second-order valence-electron chi connectivity index (χ2n) is 14.9. The Labute approximate surface area is 271 Å². The molecule has 2 saturated heterocycles. The van der Waals surface area contributed by atoms with E-state index in [0.29, 0.717) is 29.0 Å². The molecule has 0 unspecified atom stereocenters. The Balaban J connectivity index is 1.20. The molecule has 2 aromatic heterocycles. The number of likely N-dealkylation sites (tertiary alicyclic amines) is 2. The molecule has 1 aromatic carbocycles. The van der Waals surface area contributed by atoms with E-state index >= 15 is 0 Å². The van der Waals surface area contributed by atoms with E-state index in [1.54, 1.807) is 0 Å². The first kappa shape index (κ1) is 32.2. The molecule has 1 N–H and O–H groups in total. The van der Waals surface area contributed by atoms with Crippen molar-refractivity contribution >= 4 is 33.4 Å². The van der Waals surface area contributed by atoms with Crippen LogP contribution in [0.15, 0.2) is 30.3 Å². The monoisotopic (exact) mass is 631 g/mol. The minimum atomic E-state index is -0.215. The van der Waals surface area contributed by atoms with Crippen molar-refractivity contribution in [3.8, 4) is 0 Å². The van der Waals surface area contributed by atoms with Gasteiger partial charge >= 0.3 is 0 Å². The number of rotatable bonds is 9. The lowest BCUT2D eigenvalue weighted by molar-refractivity contribution is 0.0399. The summed E-state index contributed by atoms with van der Waals surface area (Å²) < 4.78 is 0. The number of pyridine rings is 1. The van der Waals surface area contributed by atoms with E-state index in [1.807, 2.05) is 23.1 Å². The highest BCUT2D eigenvalue weighted by atomic mass is 32.1. The number of aryl methyl sites for hydroxylation is 1. The first-order valence-corrected chi connectivity index (χ1v) is 17.5. The third kappa shape index (κ3) is 7.32. The van der Waals surface area contributed by atoms with Crippen LogP contribution in [-0.4, -0.2) is 100 Å². The summed E-state index contributed by atoms with van der Waals surface area (Å²) in [5.41, 5.74) is 5.24. The number of hydrogen-bond donors (Lipinski definition) is 1. The van der Waals surface area contributed by atoms with E-state index in [-0.39, 0.29) is 29.1 Å². The van der Waals surface area contributed by atoms with Gasteiger partial charge in [-0.05, 0) is 106 Å². The summed E-state index contributed by atoms with van der Waals surface area (Å²) in [5, 5.41) is 10.5. The molecule has 0 bridgehead atoms. The van der Waals surface area contributed by atoms with Gasteiger partial charge in [-0.25, -0.2) is 9.97 Å². The van der Waals surface area contributed by atoms with Crippen molar-refractivity contribution in [1.82, 2.24) is 24.7 Å². The quantitative estimate of drug-likeness (QED) is 0.315. The second-order valence-corrected chi connectivity index (χ2v) is 15.9. The molecule has 0 radical (unpaired) electrons. The van der Waals surface area contributed by atoms with E-state index in [2.05, 4.69) is 56.8 Å². The Morgan fingerprint density at radius 2 is 1.84 bits per heavy atom. The topological polar surface area (TPSA) is 89.9 Å². The fraction of sp³-hybridized carbons (Fsp3) is 0.611. The number of thiazole rings is 1. The van der Waals surface area contributed by atoms with Crippen molar-refractivity contribution in [1.29, 1.82) is 0 Å². The summed E-state index contributed by atoms with van der Waals surface area (Å²) in [6, 6.07) is 10.5. The van der Waals surface area contributed by atoms with E-state index in [4.69, 9.17) is 9.97 Å². The summed E-state index contributed by atoms with van der Waals surface area (Å²) in [6.07, 6.45) is 5.64. The zero-order valence-electron chi connectivity index (χ0n) is 27.6. The maximum absolute atomic E-state index is 13.9. The highest BCUT2D eigenvalue weighted by Crippen LogP contribution is 2.38. The molecule has 2 atom stereocenters. The average Bonchev–Trinajstić information content (AvgIpc) is 3.40. The number of ketones is 1. The molecular weight excluding hydrogens is 582 g/mol. The lowest BCUT2D eigenvalue weighted by Crippen LogP contribution is -2.59. The van der Waals surface area contributed by atoms with Gasteiger partial charge in [0, 0.05) is 49.9 Å². The Hall–Kier alpha value is -2.72. The van der Waals surface area contributed by atoms with Gasteiger partial charge in [0.25, 0.3) is 5.91 Å². The number of aliphatic hydroxyl groups is 1. The third-order valence-electron chi connectivity index (χ3n) is 10.5. The number of carbonyl (C=O) groups is 2. The molecule has 45 heavy (non-hydrogen) atoms. The van der Waals surface area contributed by atoms with Gasteiger partial charge < -0.3 is 19.8 Å². The highest BCUT2D eigenvalue weighted by Gasteiger charge is 2.33. The predicted octanol–water partition coefficient (Wildman–Crippen LogP) is 5.43. The largest absolute Gasteiger partial charge is 0.393 e. The number of fused-ring (bicyclic) bond motifs is 2. The van der Waals surface area contributed by atoms with Crippen molar-refractivity contribution in [2.45, 2.75) is 83.8 Å². The molecule has 1 aliphatic carbocycles. The zero-order chi connectivity index (χ0) is 31.9. The first-order valence-electron chi connectivity index (χ1n) is 16.7. The van der Waals surface area contributed by atoms with Crippen LogP contribution in [0.25, 0.3) is 10.3 Å². The first-order chi connectivity index (χ1) is 21.4. The van der Waals surface area contributed by atoms with E-state index < -0.39 is 0 Å². The SMILES string of the molecule is CN(C)C1CN(C(=O)c2cccc([C@@H](CCN3CCC(O)CC3)CC(=O)c3nc4cc5c(nc4s3)CC[C@H](C(C)(C)C)C5)c2)C1. The van der Waals surface area contributed by atoms with Crippen molar-refractivity contribution in [3.05, 3.63) is 57.7 Å². The lowest BCUT2D eigenvalue weighted by Gasteiger charge is -2.42. The molecule has 1 amide bonds.